The number of rotatable bonds is 5. The first-order chi connectivity index (χ1) is 7.88. The third-order valence-electron chi connectivity index (χ3n) is 1.63. The van der Waals surface area contributed by atoms with Crippen molar-refractivity contribution in [1.29, 1.82) is 0 Å². The zero-order valence-electron chi connectivity index (χ0n) is 10.0. The van der Waals surface area contributed by atoms with Crippen LogP contribution in [0.5, 0.6) is 0 Å². The molecule has 0 aromatic heterocycles. The smallest absolute Gasteiger partial charge is 0.325 e. The lowest BCUT2D eigenvalue weighted by molar-refractivity contribution is -0.143. The van der Waals surface area contributed by atoms with Gasteiger partial charge in [0.15, 0.2) is 5.76 Å². The van der Waals surface area contributed by atoms with E-state index in [0.717, 1.165) is 6.08 Å². The van der Waals surface area contributed by atoms with Crippen molar-refractivity contribution in [3.05, 3.63) is 11.8 Å². The Hall–Kier alpha value is -2.05. The van der Waals surface area contributed by atoms with Crippen molar-refractivity contribution < 1.29 is 24.2 Å². The van der Waals surface area contributed by atoms with Crippen LogP contribution in [0.2, 0.25) is 0 Å². The molecule has 2 N–H and O–H groups in total. The number of hydrogen-bond acceptors (Lipinski definition) is 5. The molecule has 0 aliphatic carbocycles. The molecule has 7 nitrogen and oxygen atoms in total. The zero-order chi connectivity index (χ0) is 13.4. The van der Waals surface area contributed by atoms with Gasteiger partial charge in [-0.2, -0.15) is 0 Å². The van der Waals surface area contributed by atoms with E-state index in [9.17, 15) is 19.5 Å². The highest BCUT2D eigenvalue weighted by Crippen LogP contribution is 1.91. The first kappa shape index (κ1) is 14.9. The molecule has 0 unspecified atom stereocenters. The molecule has 0 rings (SSSR count). The van der Waals surface area contributed by atoms with Gasteiger partial charge in [-0.1, -0.05) is 0 Å². The number of ether oxygens (including phenoxy) is 1. The lowest BCUT2D eigenvalue weighted by atomic mass is 10.4. The van der Waals surface area contributed by atoms with Gasteiger partial charge >= 0.3 is 5.97 Å². The average Bonchev–Trinajstić information content (AvgIpc) is 2.25. The van der Waals surface area contributed by atoms with E-state index >= 15 is 0 Å². The van der Waals surface area contributed by atoms with E-state index in [1.165, 1.54) is 19.0 Å². The lowest BCUT2D eigenvalue weighted by Crippen LogP contribution is -2.32. The third-order valence-corrected chi connectivity index (χ3v) is 1.63. The number of hydrogen-bond donors (Lipinski definition) is 2. The van der Waals surface area contributed by atoms with Gasteiger partial charge in [0.1, 0.15) is 6.54 Å². The quantitative estimate of drug-likeness (QED) is 0.375. The molecule has 96 valence electrons. The molecule has 0 bridgehead atoms. The molecule has 0 atom stereocenters. The second-order valence-electron chi connectivity index (χ2n) is 3.25. The van der Waals surface area contributed by atoms with E-state index in [-0.39, 0.29) is 13.2 Å². The summed E-state index contributed by atoms with van der Waals surface area (Å²) in [5, 5.41) is 11.3. The van der Waals surface area contributed by atoms with E-state index < -0.39 is 23.5 Å². The largest absolute Gasteiger partial charge is 0.503 e. The van der Waals surface area contributed by atoms with Crippen LogP contribution in [0.1, 0.15) is 6.92 Å². The van der Waals surface area contributed by atoms with Crippen LogP contribution >= 0.6 is 0 Å². The van der Waals surface area contributed by atoms with Crippen LogP contribution in [-0.2, 0) is 19.1 Å². The highest BCUT2D eigenvalue weighted by atomic mass is 16.5. The fourth-order valence-corrected chi connectivity index (χ4v) is 0.767. The number of carbonyl (C=O) groups excluding carboxylic acids is 3. The number of aliphatic hydroxyl groups is 1. The van der Waals surface area contributed by atoms with E-state index in [1.54, 1.807) is 6.92 Å². The van der Waals surface area contributed by atoms with E-state index in [4.69, 9.17) is 0 Å². The van der Waals surface area contributed by atoms with Crippen LogP contribution in [0.25, 0.3) is 0 Å². The fourth-order valence-electron chi connectivity index (χ4n) is 0.767. The predicted octanol–water partition coefficient (Wildman–Crippen LogP) is -0.804. The van der Waals surface area contributed by atoms with Crippen molar-refractivity contribution in [2.75, 3.05) is 27.2 Å². The second-order valence-corrected chi connectivity index (χ2v) is 3.25. The number of amides is 2. The molecule has 0 aliphatic rings. The van der Waals surface area contributed by atoms with Crippen LogP contribution < -0.4 is 5.32 Å². The monoisotopic (exact) mass is 244 g/mol. The molecule has 7 heteroatoms. The van der Waals surface area contributed by atoms with Gasteiger partial charge in [0, 0.05) is 14.1 Å². The van der Waals surface area contributed by atoms with E-state index in [1.807, 2.05) is 0 Å². The normalized spacial score (nSPS) is 10.6. The maximum Gasteiger partial charge on any atom is 0.325 e. The molecule has 2 amide bonds. The maximum atomic E-state index is 11.2. The lowest BCUT2D eigenvalue weighted by Gasteiger charge is -2.07. The first-order valence-corrected chi connectivity index (χ1v) is 4.94. The number of nitrogens with zero attached hydrogens (tertiary/aromatic N) is 1. The molecule has 0 fully saturated rings. The van der Waals surface area contributed by atoms with Crippen molar-refractivity contribution in [3.63, 3.8) is 0 Å². The molecule has 0 aromatic carbocycles. The molecule has 0 aromatic rings. The Bertz CT molecular complexity index is 336. The Kier molecular flexibility index (Phi) is 6.39. The minimum absolute atomic E-state index is 0.204. The van der Waals surface area contributed by atoms with Gasteiger partial charge in [-0.3, -0.25) is 14.4 Å². The van der Waals surface area contributed by atoms with E-state index in [0.29, 0.717) is 0 Å². The number of aliphatic hydroxyl groups excluding tert-OH is 1. The number of esters is 1. The molecule has 0 saturated carbocycles. The van der Waals surface area contributed by atoms with Gasteiger partial charge in [-0.05, 0) is 6.92 Å². The molecular formula is C10H16N2O5. The van der Waals surface area contributed by atoms with Gasteiger partial charge in [0.25, 0.3) is 5.91 Å². The second kappa shape index (κ2) is 7.26. The summed E-state index contributed by atoms with van der Waals surface area (Å²) in [4.78, 5) is 34.4. The molecule has 0 spiro atoms. The van der Waals surface area contributed by atoms with Crippen LogP contribution in [0.3, 0.4) is 0 Å². The summed E-state index contributed by atoms with van der Waals surface area (Å²) < 4.78 is 4.56. The molecule has 0 heterocycles. The van der Waals surface area contributed by atoms with Gasteiger partial charge in [0.05, 0.1) is 12.7 Å². The Labute approximate surface area is 99.0 Å². The first-order valence-electron chi connectivity index (χ1n) is 4.94. The maximum absolute atomic E-state index is 11.2. The fraction of sp³-hybridized carbons (Fsp3) is 0.500. The van der Waals surface area contributed by atoms with Crippen molar-refractivity contribution in [1.82, 2.24) is 10.2 Å². The standard InChI is InChI=1S/C10H16N2O5/c1-4-17-9(15)6-11-10(16)7(13)5-8(14)12(2)3/h5,13H,4,6H2,1-3H3,(H,11,16). The van der Waals surface area contributed by atoms with Gasteiger partial charge < -0.3 is 20.1 Å². The average molecular weight is 244 g/mol. The Balaban J connectivity index is 4.23. The SMILES string of the molecule is CCOC(=O)CNC(=O)C(O)=CC(=O)N(C)C. The topological polar surface area (TPSA) is 95.9 Å². The summed E-state index contributed by atoms with van der Waals surface area (Å²) in [5.74, 6) is -2.82. The molecule has 17 heavy (non-hydrogen) atoms. The van der Waals surface area contributed by atoms with Crippen LogP contribution in [0.15, 0.2) is 11.8 Å². The summed E-state index contributed by atoms with van der Waals surface area (Å²) >= 11 is 0. The minimum Gasteiger partial charge on any atom is -0.503 e. The van der Waals surface area contributed by atoms with Gasteiger partial charge in [-0.15, -0.1) is 0 Å². The van der Waals surface area contributed by atoms with Crippen LogP contribution in [-0.4, -0.2) is 55.0 Å². The Morgan fingerprint density at radius 1 is 1.35 bits per heavy atom. The minimum atomic E-state index is -0.909. The van der Waals surface area contributed by atoms with Gasteiger partial charge in [-0.25, -0.2) is 0 Å². The summed E-state index contributed by atoms with van der Waals surface area (Å²) in [6.07, 6.45) is 0.764. The summed E-state index contributed by atoms with van der Waals surface area (Å²) in [6.45, 7) is 1.48. The summed E-state index contributed by atoms with van der Waals surface area (Å²) in [7, 11) is 2.95. The third kappa shape index (κ3) is 6.18. The molecule has 0 aliphatic heterocycles. The molecule has 0 saturated heterocycles. The summed E-state index contributed by atoms with van der Waals surface area (Å²) in [5.41, 5.74) is 0. The van der Waals surface area contributed by atoms with Crippen molar-refractivity contribution in [2.24, 2.45) is 0 Å². The highest BCUT2D eigenvalue weighted by molar-refractivity contribution is 5.99. The van der Waals surface area contributed by atoms with Crippen molar-refractivity contribution in [3.8, 4) is 0 Å². The van der Waals surface area contributed by atoms with Gasteiger partial charge in [0.2, 0.25) is 5.91 Å². The Morgan fingerprint density at radius 2 is 1.94 bits per heavy atom. The van der Waals surface area contributed by atoms with Crippen molar-refractivity contribution >= 4 is 17.8 Å². The van der Waals surface area contributed by atoms with E-state index in [2.05, 4.69) is 10.1 Å². The van der Waals surface area contributed by atoms with Crippen LogP contribution in [0, 0.1) is 0 Å². The predicted molar refractivity (Wildman–Crippen MR) is 59.0 cm³/mol. The van der Waals surface area contributed by atoms with Crippen molar-refractivity contribution in [2.45, 2.75) is 6.92 Å². The highest BCUT2D eigenvalue weighted by Gasteiger charge is 2.12. The summed E-state index contributed by atoms with van der Waals surface area (Å²) in [6, 6.07) is 0. The zero-order valence-corrected chi connectivity index (χ0v) is 10.0. The number of carbonyl (C=O) groups is 3. The number of likely N-dealkylation sites (N-methyl/N-ethyl adjacent to an activating group) is 1. The Morgan fingerprint density at radius 3 is 2.41 bits per heavy atom. The van der Waals surface area contributed by atoms with Crippen LogP contribution in [0.4, 0.5) is 0 Å². The molecular weight excluding hydrogens is 228 g/mol. The number of nitrogens with one attached hydrogen (secondary N) is 1. The molecule has 0 radical (unpaired) electrons.